The number of aliphatic hydroxyl groups excluding tert-OH is 1. The van der Waals surface area contributed by atoms with Crippen LogP contribution in [0.4, 0.5) is 4.39 Å². The summed E-state index contributed by atoms with van der Waals surface area (Å²) in [5.41, 5.74) is 1.93. The molecule has 1 nitrogen and oxygen atoms in total. The quantitative estimate of drug-likeness (QED) is 0.767. The van der Waals surface area contributed by atoms with Crippen LogP contribution in [-0.4, -0.2) is 5.11 Å². The SMILES string of the molecule is OC1Cc2ccccc2Sc2cc(F)ccc21. The Kier molecular flexibility index (Phi) is 2.65. The summed E-state index contributed by atoms with van der Waals surface area (Å²) in [5, 5.41) is 10.1. The van der Waals surface area contributed by atoms with E-state index in [2.05, 4.69) is 0 Å². The van der Waals surface area contributed by atoms with Gasteiger partial charge in [-0.3, -0.25) is 0 Å². The number of benzene rings is 2. The van der Waals surface area contributed by atoms with Gasteiger partial charge in [-0.25, -0.2) is 4.39 Å². The third-order valence-corrected chi connectivity index (χ3v) is 4.13. The second-order valence-corrected chi connectivity index (χ2v) is 5.20. The summed E-state index contributed by atoms with van der Waals surface area (Å²) in [7, 11) is 0. The van der Waals surface area contributed by atoms with Crippen LogP contribution in [0.3, 0.4) is 0 Å². The summed E-state index contributed by atoms with van der Waals surface area (Å²) >= 11 is 1.52. The minimum atomic E-state index is -0.554. The summed E-state index contributed by atoms with van der Waals surface area (Å²) in [6.45, 7) is 0. The van der Waals surface area contributed by atoms with Gasteiger partial charge in [0.15, 0.2) is 0 Å². The van der Waals surface area contributed by atoms with Crippen LogP contribution in [0.25, 0.3) is 0 Å². The molecule has 3 heteroatoms. The highest BCUT2D eigenvalue weighted by molar-refractivity contribution is 7.99. The first kappa shape index (κ1) is 10.8. The second-order valence-electron chi connectivity index (χ2n) is 4.11. The molecule has 0 bridgehead atoms. The van der Waals surface area contributed by atoms with Gasteiger partial charge in [-0.05, 0) is 29.3 Å². The molecule has 0 saturated carbocycles. The lowest BCUT2D eigenvalue weighted by molar-refractivity contribution is 0.175. The lowest BCUT2D eigenvalue weighted by Crippen LogP contribution is -2.01. The first-order valence-corrected chi connectivity index (χ1v) is 6.29. The molecule has 17 heavy (non-hydrogen) atoms. The smallest absolute Gasteiger partial charge is 0.124 e. The van der Waals surface area contributed by atoms with Crippen LogP contribution in [0, 0.1) is 5.82 Å². The minimum absolute atomic E-state index is 0.261. The lowest BCUT2D eigenvalue weighted by Gasteiger charge is -2.10. The molecule has 0 aromatic heterocycles. The molecule has 1 aliphatic heterocycles. The van der Waals surface area contributed by atoms with Crippen molar-refractivity contribution in [3.63, 3.8) is 0 Å². The fraction of sp³-hybridized carbons (Fsp3) is 0.143. The minimum Gasteiger partial charge on any atom is -0.388 e. The molecule has 2 aromatic rings. The summed E-state index contributed by atoms with van der Waals surface area (Å²) in [6.07, 6.45) is 0.0312. The summed E-state index contributed by atoms with van der Waals surface area (Å²) < 4.78 is 13.2. The van der Waals surface area contributed by atoms with Gasteiger partial charge in [0.25, 0.3) is 0 Å². The molecule has 1 aliphatic rings. The van der Waals surface area contributed by atoms with Crippen LogP contribution >= 0.6 is 11.8 Å². The molecule has 86 valence electrons. The second kappa shape index (κ2) is 4.17. The highest BCUT2D eigenvalue weighted by Gasteiger charge is 2.20. The van der Waals surface area contributed by atoms with E-state index < -0.39 is 6.10 Å². The van der Waals surface area contributed by atoms with Crippen molar-refractivity contribution in [1.82, 2.24) is 0 Å². The maximum absolute atomic E-state index is 13.2. The molecule has 0 spiro atoms. The molecule has 0 amide bonds. The Morgan fingerprint density at radius 2 is 1.94 bits per heavy atom. The Morgan fingerprint density at radius 1 is 1.12 bits per heavy atom. The molecule has 0 fully saturated rings. The normalized spacial score (nSPS) is 18.1. The Bertz CT molecular complexity index is 568. The standard InChI is InChI=1S/C14H11FOS/c15-10-5-6-11-12(16)7-9-3-1-2-4-13(9)17-14(11)8-10/h1-6,8,12,16H,7H2. The fourth-order valence-corrected chi connectivity index (χ4v) is 3.24. The number of hydrogen-bond acceptors (Lipinski definition) is 2. The van der Waals surface area contributed by atoms with E-state index in [1.165, 1.54) is 23.9 Å². The maximum Gasteiger partial charge on any atom is 0.124 e. The van der Waals surface area contributed by atoms with Crippen LogP contribution in [0.15, 0.2) is 52.3 Å². The third-order valence-electron chi connectivity index (χ3n) is 2.94. The van der Waals surface area contributed by atoms with Crippen molar-refractivity contribution in [2.24, 2.45) is 0 Å². The number of halogens is 1. The van der Waals surface area contributed by atoms with Gasteiger partial charge in [-0.1, -0.05) is 36.0 Å². The zero-order chi connectivity index (χ0) is 11.8. The van der Waals surface area contributed by atoms with Crippen LogP contribution in [0.1, 0.15) is 17.2 Å². The van der Waals surface area contributed by atoms with Gasteiger partial charge in [0.1, 0.15) is 5.82 Å². The predicted octanol–water partition coefficient (Wildman–Crippen LogP) is 3.57. The van der Waals surface area contributed by atoms with Crippen molar-refractivity contribution in [1.29, 1.82) is 0 Å². The van der Waals surface area contributed by atoms with E-state index in [-0.39, 0.29) is 5.82 Å². The predicted molar refractivity (Wildman–Crippen MR) is 65.6 cm³/mol. The number of aliphatic hydroxyl groups is 1. The Hall–Kier alpha value is -1.32. The first-order chi connectivity index (χ1) is 8.24. The zero-order valence-corrected chi connectivity index (χ0v) is 9.88. The van der Waals surface area contributed by atoms with Crippen LogP contribution in [0.2, 0.25) is 0 Å². The van der Waals surface area contributed by atoms with E-state index >= 15 is 0 Å². The Balaban J connectivity index is 2.15. The molecule has 3 rings (SSSR count). The summed E-state index contributed by atoms with van der Waals surface area (Å²) in [6, 6.07) is 12.5. The van der Waals surface area contributed by atoms with Crippen LogP contribution < -0.4 is 0 Å². The van der Waals surface area contributed by atoms with Crippen molar-refractivity contribution in [3.05, 3.63) is 59.4 Å². The average Bonchev–Trinajstić information content (AvgIpc) is 2.44. The van der Waals surface area contributed by atoms with Gasteiger partial charge in [0.05, 0.1) is 6.10 Å². The van der Waals surface area contributed by atoms with E-state index in [0.717, 1.165) is 20.9 Å². The van der Waals surface area contributed by atoms with E-state index in [4.69, 9.17) is 0 Å². The van der Waals surface area contributed by atoms with Crippen LogP contribution in [-0.2, 0) is 6.42 Å². The van der Waals surface area contributed by atoms with Gasteiger partial charge in [-0.15, -0.1) is 0 Å². The van der Waals surface area contributed by atoms with Crippen molar-refractivity contribution >= 4 is 11.8 Å². The molecule has 1 heterocycles. The molecule has 2 aromatic carbocycles. The molecule has 0 radical (unpaired) electrons. The number of fused-ring (bicyclic) bond motifs is 2. The van der Waals surface area contributed by atoms with Gasteiger partial charge >= 0.3 is 0 Å². The van der Waals surface area contributed by atoms with Gasteiger partial charge in [0, 0.05) is 16.2 Å². The molecule has 1 unspecified atom stereocenters. The molecule has 1 N–H and O–H groups in total. The zero-order valence-electron chi connectivity index (χ0n) is 9.06. The van der Waals surface area contributed by atoms with Gasteiger partial charge < -0.3 is 5.11 Å². The van der Waals surface area contributed by atoms with E-state index in [0.29, 0.717) is 6.42 Å². The van der Waals surface area contributed by atoms with E-state index in [1.54, 1.807) is 6.07 Å². The number of hydrogen-bond donors (Lipinski definition) is 1. The largest absolute Gasteiger partial charge is 0.388 e. The van der Waals surface area contributed by atoms with Crippen molar-refractivity contribution in [3.8, 4) is 0 Å². The summed E-state index contributed by atoms with van der Waals surface area (Å²) in [5.74, 6) is -0.261. The lowest BCUT2D eigenvalue weighted by atomic mass is 10.0. The maximum atomic E-state index is 13.2. The molecule has 1 atom stereocenters. The Labute approximate surface area is 103 Å². The highest BCUT2D eigenvalue weighted by atomic mass is 32.2. The van der Waals surface area contributed by atoms with Gasteiger partial charge in [0.2, 0.25) is 0 Å². The number of rotatable bonds is 0. The molecule has 0 saturated heterocycles. The highest BCUT2D eigenvalue weighted by Crippen LogP contribution is 2.40. The van der Waals surface area contributed by atoms with Crippen molar-refractivity contribution < 1.29 is 9.50 Å². The van der Waals surface area contributed by atoms with Crippen LogP contribution in [0.5, 0.6) is 0 Å². The van der Waals surface area contributed by atoms with Crippen molar-refractivity contribution in [2.75, 3.05) is 0 Å². The molecule has 0 aliphatic carbocycles. The topological polar surface area (TPSA) is 20.2 Å². The fourth-order valence-electron chi connectivity index (χ4n) is 2.08. The first-order valence-electron chi connectivity index (χ1n) is 5.47. The monoisotopic (exact) mass is 246 g/mol. The van der Waals surface area contributed by atoms with E-state index in [1.807, 2.05) is 24.3 Å². The summed E-state index contributed by atoms with van der Waals surface area (Å²) in [4.78, 5) is 1.90. The molecular formula is C14H11FOS. The van der Waals surface area contributed by atoms with E-state index in [9.17, 15) is 9.50 Å². The third kappa shape index (κ3) is 1.96. The van der Waals surface area contributed by atoms with Gasteiger partial charge in [-0.2, -0.15) is 0 Å². The average molecular weight is 246 g/mol. The molecular weight excluding hydrogens is 235 g/mol. The van der Waals surface area contributed by atoms with Crippen molar-refractivity contribution in [2.45, 2.75) is 22.3 Å². The Morgan fingerprint density at radius 3 is 2.82 bits per heavy atom.